The first kappa shape index (κ1) is 30.0. The number of hydrogen-bond donors (Lipinski definition) is 0. The molecule has 194 valence electrons. The molecule has 0 aliphatic heterocycles. The zero-order valence-corrected chi connectivity index (χ0v) is 22.2. The molecule has 33 heavy (non-hydrogen) atoms. The lowest BCUT2D eigenvalue weighted by Gasteiger charge is -2.28. The van der Waals surface area contributed by atoms with Gasteiger partial charge in [0.15, 0.2) is 0 Å². The van der Waals surface area contributed by atoms with Crippen molar-refractivity contribution in [3.63, 3.8) is 0 Å². The van der Waals surface area contributed by atoms with Crippen LogP contribution in [0, 0.1) is 17.8 Å². The number of rotatable bonds is 20. The molecule has 0 aromatic carbocycles. The Balaban J connectivity index is 2.11. The van der Waals surface area contributed by atoms with E-state index in [0.717, 1.165) is 57.3 Å². The van der Waals surface area contributed by atoms with Crippen LogP contribution in [0.4, 0.5) is 0 Å². The summed E-state index contributed by atoms with van der Waals surface area (Å²) < 4.78 is 11.1. The topological polar surface area (TPSA) is 52.6 Å². The SMILES string of the molecule is CCCCCCCCCCCCCOC(=O)C1CCCCC1C(=O)OCCCCCC(C)C. The van der Waals surface area contributed by atoms with Crippen molar-refractivity contribution in [2.75, 3.05) is 13.2 Å². The van der Waals surface area contributed by atoms with Crippen molar-refractivity contribution in [2.24, 2.45) is 17.8 Å². The van der Waals surface area contributed by atoms with Gasteiger partial charge in [-0.2, -0.15) is 0 Å². The monoisotopic (exact) mass is 466 g/mol. The van der Waals surface area contributed by atoms with E-state index in [-0.39, 0.29) is 23.8 Å². The maximum absolute atomic E-state index is 12.6. The number of carbonyl (C=O) groups excluding carboxylic acids is 2. The maximum Gasteiger partial charge on any atom is 0.309 e. The lowest BCUT2D eigenvalue weighted by molar-refractivity contribution is -0.163. The molecule has 4 nitrogen and oxygen atoms in total. The van der Waals surface area contributed by atoms with Gasteiger partial charge in [-0.3, -0.25) is 9.59 Å². The van der Waals surface area contributed by atoms with Crippen LogP contribution in [0.2, 0.25) is 0 Å². The zero-order valence-electron chi connectivity index (χ0n) is 22.2. The van der Waals surface area contributed by atoms with Gasteiger partial charge < -0.3 is 9.47 Å². The molecule has 1 aliphatic rings. The van der Waals surface area contributed by atoms with E-state index in [9.17, 15) is 9.59 Å². The third kappa shape index (κ3) is 15.5. The summed E-state index contributed by atoms with van der Waals surface area (Å²) in [5, 5.41) is 0. The summed E-state index contributed by atoms with van der Waals surface area (Å²) in [5.41, 5.74) is 0. The second-order valence-electron chi connectivity index (χ2n) is 10.6. The van der Waals surface area contributed by atoms with E-state index in [0.29, 0.717) is 13.2 Å². The van der Waals surface area contributed by atoms with Crippen LogP contribution in [0.15, 0.2) is 0 Å². The highest BCUT2D eigenvalue weighted by Gasteiger charge is 2.37. The van der Waals surface area contributed by atoms with Crippen LogP contribution in [-0.2, 0) is 19.1 Å². The third-order valence-electron chi connectivity index (χ3n) is 7.03. The molecular formula is C29H54O4. The minimum atomic E-state index is -0.306. The smallest absolute Gasteiger partial charge is 0.309 e. The van der Waals surface area contributed by atoms with Gasteiger partial charge in [0.1, 0.15) is 0 Å². The number of hydrogen-bond acceptors (Lipinski definition) is 4. The summed E-state index contributed by atoms with van der Waals surface area (Å²) in [6.45, 7) is 7.70. The lowest BCUT2D eigenvalue weighted by atomic mass is 9.79. The maximum atomic E-state index is 12.6. The lowest BCUT2D eigenvalue weighted by Crippen LogP contribution is -2.35. The minimum Gasteiger partial charge on any atom is -0.465 e. The Hall–Kier alpha value is -1.06. The molecule has 0 saturated heterocycles. The van der Waals surface area contributed by atoms with Gasteiger partial charge >= 0.3 is 11.9 Å². The van der Waals surface area contributed by atoms with Gasteiger partial charge in [0.05, 0.1) is 25.0 Å². The highest BCUT2D eigenvalue weighted by atomic mass is 16.5. The van der Waals surface area contributed by atoms with Gasteiger partial charge in [0.25, 0.3) is 0 Å². The van der Waals surface area contributed by atoms with Crippen LogP contribution < -0.4 is 0 Å². The largest absolute Gasteiger partial charge is 0.465 e. The average Bonchev–Trinajstić information content (AvgIpc) is 2.81. The van der Waals surface area contributed by atoms with E-state index in [2.05, 4.69) is 20.8 Å². The van der Waals surface area contributed by atoms with Gasteiger partial charge in [0.2, 0.25) is 0 Å². The summed E-state index contributed by atoms with van der Waals surface area (Å²) in [4.78, 5) is 25.2. The van der Waals surface area contributed by atoms with Crippen molar-refractivity contribution in [3.8, 4) is 0 Å². The predicted octanol–water partition coefficient (Wildman–Crippen LogP) is 8.41. The summed E-state index contributed by atoms with van der Waals surface area (Å²) in [6.07, 6.45) is 22.0. The molecule has 2 atom stereocenters. The number of esters is 2. The fraction of sp³-hybridized carbons (Fsp3) is 0.931. The molecule has 1 fully saturated rings. The molecule has 0 spiro atoms. The standard InChI is InChI=1S/C29H54O4/c1-4-5-6-7-8-9-10-11-12-13-18-23-32-28(30)26-21-16-17-22-27(26)29(31)33-24-19-14-15-20-25(2)3/h25-27H,4-24H2,1-3H3. The fourth-order valence-corrected chi connectivity index (χ4v) is 4.85. The molecule has 2 unspecified atom stereocenters. The van der Waals surface area contributed by atoms with Crippen molar-refractivity contribution < 1.29 is 19.1 Å². The summed E-state index contributed by atoms with van der Waals surface area (Å²) in [5.74, 6) is -0.248. The molecule has 0 aromatic rings. The summed E-state index contributed by atoms with van der Waals surface area (Å²) in [6, 6.07) is 0. The van der Waals surface area contributed by atoms with E-state index < -0.39 is 0 Å². The van der Waals surface area contributed by atoms with Crippen molar-refractivity contribution in [3.05, 3.63) is 0 Å². The third-order valence-corrected chi connectivity index (χ3v) is 7.03. The molecule has 0 heterocycles. The Morgan fingerprint density at radius 3 is 1.45 bits per heavy atom. The average molecular weight is 467 g/mol. The zero-order chi connectivity index (χ0) is 24.2. The van der Waals surface area contributed by atoms with E-state index in [1.54, 1.807) is 0 Å². The molecule has 1 rings (SSSR count). The van der Waals surface area contributed by atoms with Crippen molar-refractivity contribution >= 4 is 11.9 Å². The van der Waals surface area contributed by atoms with E-state index in [1.807, 2.05) is 0 Å². The van der Waals surface area contributed by atoms with Crippen LogP contribution in [0.1, 0.15) is 143 Å². The van der Waals surface area contributed by atoms with Gasteiger partial charge in [-0.15, -0.1) is 0 Å². The van der Waals surface area contributed by atoms with Crippen LogP contribution >= 0.6 is 0 Å². The second-order valence-corrected chi connectivity index (χ2v) is 10.6. The number of unbranched alkanes of at least 4 members (excludes halogenated alkanes) is 12. The van der Waals surface area contributed by atoms with Crippen LogP contribution in [0.5, 0.6) is 0 Å². The first-order chi connectivity index (χ1) is 16.1. The Labute approximate surface area is 205 Å². The van der Waals surface area contributed by atoms with Crippen LogP contribution in [0.25, 0.3) is 0 Å². The van der Waals surface area contributed by atoms with Gasteiger partial charge in [-0.05, 0) is 31.6 Å². The van der Waals surface area contributed by atoms with Gasteiger partial charge in [-0.25, -0.2) is 0 Å². The first-order valence-corrected chi connectivity index (χ1v) is 14.4. The molecule has 4 heteroatoms. The molecule has 0 aromatic heterocycles. The van der Waals surface area contributed by atoms with E-state index in [4.69, 9.17) is 9.47 Å². The van der Waals surface area contributed by atoms with Crippen molar-refractivity contribution in [1.82, 2.24) is 0 Å². The Bertz CT molecular complexity index is 488. The minimum absolute atomic E-state index is 0.180. The van der Waals surface area contributed by atoms with E-state index >= 15 is 0 Å². The van der Waals surface area contributed by atoms with E-state index in [1.165, 1.54) is 70.6 Å². The molecule has 1 aliphatic carbocycles. The Morgan fingerprint density at radius 2 is 1.03 bits per heavy atom. The predicted molar refractivity (Wildman–Crippen MR) is 137 cm³/mol. The highest BCUT2D eigenvalue weighted by molar-refractivity contribution is 5.82. The fourth-order valence-electron chi connectivity index (χ4n) is 4.85. The molecule has 0 radical (unpaired) electrons. The molecule has 0 bridgehead atoms. The number of carbonyl (C=O) groups is 2. The quantitative estimate of drug-likeness (QED) is 0.133. The van der Waals surface area contributed by atoms with Crippen molar-refractivity contribution in [2.45, 2.75) is 143 Å². The van der Waals surface area contributed by atoms with Crippen molar-refractivity contribution in [1.29, 1.82) is 0 Å². The molecule has 1 saturated carbocycles. The van der Waals surface area contributed by atoms with Gasteiger partial charge in [-0.1, -0.05) is 117 Å². The molecule has 0 N–H and O–H groups in total. The summed E-state index contributed by atoms with van der Waals surface area (Å²) in [7, 11) is 0. The second kappa shape index (κ2) is 20.3. The summed E-state index contributed by atoms with van der Waals surface area (Å²) >= 11 is 0. The molecular weight excluding hydrogens is 412 g/mol. The Kier molecular flexibility index (Phi) is 18.5. The van der Waals surface area contributed by atoms with Crippen LogP contribution in [0.3, 0.4) is 0 Å². The van der Waals surface area contributed by atoms with Gasteiger partial charge in [0, 0.05) is 0 Å². The van der Waals surface area contributed by atoms with Crippen LogP contribution in [-0.4, -0.2) is 25.2 Å². The highest BCUT2D eigenvalue weighted by Crippen LogP contribution is 2.32. The number of ether oxygens (including phenoxy) is 2. The normalized spacial score (nSPS) is 18.4. The Morgan fingerprint density at radius 1 is 0.636 bits per heavy atom. The molecule has 0 amide bonds. The first-order valence-electron chi connectivity index (χ1n) is 14.4.